The number of fused-ring (bicyclic) bond motifs is 1. The number of epoxide rings is 1. The normalized spacial score (nSPS) is 42.3. The number of furan rings is 1. The Morgan fingerprint density at radius 1 is 1.06 bits per heavy atom. The molecule has 1 aromatic heterocycles. The van der Waals surface area contributed by atoms with Crippen LogP contribution in [-0.2, 0) is 61.9 Å². The molecular formula is C37H48O14. The fourth-order valence-electron chi connectivity index (χ4n) is 10.7. The largest absolute Gasteiger partial charge is 0.472 e. The zero-order valence-electron chi connectivity index (χ0n) is 30.3. The van der Waals surface area contributed by atoms with Crippen LogP contribution in [-0.4, -0.2) is 84.6 Å². The van der Waals surface area contributed by atoms with Crippen molar-refractivity contribution in [2.24, 2.45) is 34.5 Å². The molecule has 5 aliphatic rings. The van der Waals surface area contributed by atoms with Crippen molar-refractivity contribution in [2.45, 2.75) is 129 Å². The molecule has 14 nitrogen and oxygen atoms in total. The molecule has 14 atom stereocenters. The van der Waals surface area contributed by atoms with Crippen molar-refractivity contribution >= 4 is 36.3 Å². The highest BCUT2D eigenvalue weighted by Crippen LogP contribution is 2.77. The van der Waals surface area contributed by atoms with E-state index in [-0.39, 0.29) is 37.9 Å². The molecule has 0 aromatic carbocycles. The maximum absolute atomic E-state index is 14.3. The van der Waals surface area contributed by atoms with Crippen LogP contribution in [0.25, 0.3) is 0 Å². The monoisotopic (exact) mass is 716 g/mol. The SMILES string of the molecule is CC[C@H](C)[C@@H](OC(C)=O)C(=O)O[C@@H]1[C@H](OC=O)[C@H]([C@@]2(C)[C@@H](OC(C)=O)CC(=O)OC[C@@]3(C)OC(=O)C[C@@H]23)[C@@H](C)[C@@]23O[C@@H]2C[C@H](c2ccoc2)[C@]13C. The van der Waals surface area contributed by atoms with Gasteiger partial charge >= 0.3 is 29.8 Å². The molecule has 0 amide bonds. The van der Waals surface area contributed by atoms with Gasteiger partial charge in [0.1, 0.15) is 36.1 Å². The highest BCUT2D eigenvalue weighted by Gasteiger charge is 2.86. The summed E-state index contributed by atoms with van der Waals surface area (Å²) in [7, 11) is 0. The zero-order chi connectivity index (χ0) is 37.3. The van der Waals surface area contributed by atoms with Crippen molar-refractivity contribution in [2.75, 3.05) is 6.61 Å². The number of ether oxygens (including phenoxy) is 7. The molecule has 0 N–H and O–H groups in total. The Balaban J connectivity index is 1.58. The third-order valence-corrected chi connectivity index (χ3v) is 13.1. The highest BCUT2D eigenvalue weighted by atomic mass is 16.6. The van der Waals surface area contributed by atoms with Crippen molar-refractivity contribution in [3.8, 4) is 0 Å². The molecule has 51 heavy (non-hydrogen) atoms. The van der Waals surface area contributed by atoms with Gasteiger partial charge in [0.2, 0.25) is 6.10 Å². The predicted octanol–water partition coefficient (Wildman–Crippen LogP) is 3.81. The second-order valence-electron chi connectivity index (χ2n) is 15.7. The van der Waals surface area contributed by atoms with E-state index in [4.69, 9.17) is 37.6 Å². The van der Waals surface area contributed by atoms with Gasteiger partial charge in [0.15, 0.2) is 0 Å². The molecule has 4 heterocycles. The number of hydrogen-bond acceptors (Lipinski definition) is 14. The average molecular weight is 717 g/mol. The van der Waals surface area contributed by atoms with E-state index < -0.39 is 100.0 Å². The maximum atomic E-state index is 14.3. The quantitative estimate of drug-likeness (QED) is 0.147. The minimum Gasteiger partial charge on any atom is -0.472 e. The van der Waals surface area contributed by atoms with E-state index in [0.29, 0.717) is 12.8 Å². The van der Waals surface area contributed by atoms with Gasteiger partial charge in [0.25, 0.3) is 6.47 Å². The third-order valence-electron chi connectivity index (χ3n) is 13.1. The van der Waals surface area contributed by atoms with Crippen LogP contribution < -0.4 is 0 Å². The summed E-state index contributed by atoms with van der Waals surface area (Å²) >= 11 is 0. The molecule has 2 saturated carbocycles. The Morgan fingerprint density at radius 2 is 1.78 bits per heavy atom. The zero-order valence-corrected chi connectivity index (χ0v) is 30.3. The summed E-state index contributed by atoms with van der Waals surface area (Å²) in [6.07, 6.45) is -1.49. The van der Waals surface area contributed by atoms with Crippen LogP contribution in [0.15, 0.2) is 23.0 Å². The van der Waals surface area contributed by atoms with E-state index >= 15 is 0 Å². The highest BCUT2D eigenvalue weighted by molar-refractivity contribution is 5.79. The summed E-state index contributed by atoms with van der Waals surface area (Å²) in [6, 6.07) is 1.84. The van der Waals surface area contributed by atoms with E-state index in [1.165, 1.54) is 13.8 Å². The average Bonchev–Trinajstić information content (AvgIpc) is 3.30. The van der Waals surface area contributed by atoms with Crippen LogP contribution in [0.4, 0.5) is 0 Å². The Morgan fingerprint density at radius 3 is 2.39 bits per heavy atom. The lowest BCUT2D eigenvalue weighted by molar-refractivity contribution is -0.257. The lowest BCUT2D eigenvalue weighted by Crippen LogP contribution is -2.71. The van der Waals surface area contributed by atoms with Crippen LogP contribution >= 0.6 is 0 Å². The van der Waals surface area contributed by atoms with Gasteiger partial charge in [-0.25, -0.2) is 4.79 Å². The molecular weight excluding hydrogens is 668 g/mol. The molecule has 3 saturated heterocycles. The van der Waals surface area contributed by atoms with E-state index in [1.54, 1.807) is 26.4 Å². The second kappa shape index (κ2) is 12.9. The van der Waals surface area contributed by atoms with E-state index in [2.05, 4.69) is 0 Å². The third kappa shape index (κ3) is 5.54. The van der Waals surface area contributed by atoms with E-state index in [0.717, 1.165) is 5.56 Å². The first-order chi connectivity index (χ1) is 24.0. The van der Waals surface area contributed by atoms with Gasteiger partial charge in [0.05, 0.1) is 31.5 Å². The Labute approximate surface area is 296 Å². The minimum atomic E-state index is -1.34. The molecule has 0 unspecified atom stereocenters. The number of carbonyl (C=O) groups excluding carboxylic acids is 6. The first kappa shape index (κ1) is 36.8. The van der Waals surface area contributed by atoms with E-state index in [1.807, 2.05) is 33.8 Å². The summed E-state index contributed by atoms with van der Waals surface area (Å²) in [5.41, 5.74) is -3.87. The summed E-state index contributed by atoms with van der Waals surface area (Å²) in [5, 5.41) is 0. The Bertz CT molecular complexity index is 1570. The molecule has 0 radical (unpaired) electrons. The van der Waals surface area contributed by atoms with Crippen LogP contribution in [0.2, 0.25) is 0 Å². The lowest BCUT2D eigenvalue weighted by atomic mass is 9.45. The summed E-state index contributed by atoms with van der Waals surface area (Å²) in [4.78, 5) is 78.3. The number of carbonyl (C=O) groups is 6. The van der Waals surface area contributed by atoms with Crippen LogP contribution in [0.3, 0.4) is 0 Å². The fraction of sp³-hybridized carbons (Fsp3) is 0.730. The molecule has 2 aliphatic carbocycles. The Hall–Kier alpha value is -3.94. The van der Waals surface area contributed by atoms with Crippen LogP contribution in [0, 0.1) is 34.5 Å². The molecule has 280 valence electrons. The lowest BCUT2D eigenvalue weighted by Gasteiger charge is -2.61. The van der Waals surface area contributed by atoms with Gasteiger partial charge < -0.3 is 37.6 Å². The van der Waals surface area contributed by atoms with Crippen LogP contribution in [0.5, 0.6) is 0 Å². The first-order valence-corrected chi connectivity index (χ1v) is 17.7. The fourth-order valence-corrected chi connectivity index (χ4v) is 10.7. The topological polar surface area (TPSA) is 183 Å². The van der Waals surface area contributed by atoms with Crippen molar-refractivity contribution in [1.82, 2.24) is 0 Å². The summed E-state index contributed by atoms with van der Waals surface area (Å²) in [5.74, 6) is -6.16. The first-order valence-electron chi connectivity index (χ1n) is 17.7. The van der Waals surface area contributed by atoms with Gasteiger partial charge in [-0.2, -0.15) is 0 Å². The summed E-state index contributed by atoms with van der Waals surface area (Å²) < 4.78 is 47.7. The standard InChI is InChI=1S/C37H48O14/c1-9-18(2)30(48-21(5)40)33(43)49-32-31(46-17-38)29(19(3)37-26(50-37)12-23(36(32,37)8)22-10-11-44-15-22)35(7)24-13-28(42)51-34(24,6)16-45-27(41)14-25(35)47-20(4)39/h10-11,15,17-19,23-26,29-32H,9,12-14,16H2,1-8H3/t18-,19+,23+,24+,25-,26+,29+,30+,31+,32+,34+,35+,36+,37+/m0/s1. The van der Waals surface area contributed by atoms with Gasteiger partial charge in [-0.05, 0) is 37.3 Å². The summed E-state index contributed by atoms with van der Waals surface area (Å²) in [6.45, 7) is 13.5. The van der Waals surface area contributed by atoms with E-state index in [9.17, 15) is 28.8 Å². The molecule has 1 spiro atoms. The minimum absolute atomic E-state index is 0.113. The van der Waals surface area contributed by atoms with Crippen molar-refractivity contribution in [3.05, 3.63) is 24.2 Å². The van der Waals surface area contributed by atoms with Crippen molar-refractivity contribution < 1.29 is 66.3 Å². The molecule has 3 aliphatic heterocycles. The number of cyclic esters (lactones) is 1. The maximum Gasteiger partial charge on any atom is 0.348 e. The molecule has 6 rings (SSSR count). The second-order valence-corrected chi connectivity index (χ2v) is 15.7. The van der Waals surface area contributed by atoms with Gasteiger partial charge in [-0.1, -0.05) is 34.6 Å². The van der Waals surface area contributed by atoms with Gasteiger partial charge in [0, 0.05) is 48.3 Å². The molecule has 5 fully saturated rings. The number of esters is 5. The van der Waals surface area contributed by atoms with Crippen molar-refractivity contribution in [3.63, 3.8) is 0 Å². The number of hydrogen-bond donors (Lipinski definition) is 0. The molecule has 1 aromatic rings. The smallest absolute Gasteiger partial charge is 0.348 e. The van der Waals surface area contributed by atoms with Gasteiger partial charge in [-0.3, -0.25) is 24.0 Å². The Kier molecular flexibility index (Phi) is 9.34. The number of rotatable bonds is 10. The van der Waals surface area contributed by atoms with Crippen molar-refractivity contribution in [1.29, 1.82) is 0 Å². The van der Waals surface area contributed by atoms with Crippen LogP contribution in [0.1, 0.15) is 92.6 Å². The van der Waals surface area contributed by atoms with Gasteiger partial charge in [-0.15, -0.1) is 0 Å². The molecule has 0 bridgehead atoms. The molecule has 14 heteroatoms. The predicted molar refractivity (Wildman–Crippen MR) is 172 cm³/mol.